The Kier molecular flexibility index (Phi) is 5.06. The predicted molar refractivity (Wildman–Crippen MR) is 108 cm³/mol. The lowest BCUT2D eigenvalue weighted by atomic mass is 9.90. The number of likely N-dealkylation sites (tertiary alicyclic amines) is 1. The van der Waals surface area contributed by atoms with Crippen molar-refractivity contribution in [2.24, 2.45) is 5.92 Å². The third kappa shape index (κ3) is 3.60. The molecule has 142 valence electrons. The maximum Gasteiger partial charge on any atom is 0.242 e. The predicted octanol–water partition coefficient (Wildman–Crippen LogP) is 3.12. The molecular formula is C23H22N2O3. The second kappa shape index (κ2) is 7.80. The highest BCUT2D eigenvalue weighted by atomic mass is 16.2. The lowest BCUT2D eigenvalue weighted by molar-refractivity contribution is -0.133. The van der Waals surface area contributed by atoms with E-state index in [1.54, 1.807) is 17.2 Å². The van der Waals surface area contributed by atoms with E-state index in [9.17, 15) is 14.4 Å². The second-order valence-corrected chi connectivity index (χ2v) is 7.23. The van der Waals surface area contributed by atoms with Crippen molar-refractivity contribution in [3.63, 3.8) is 0 Å². The zero-order chi connectivity index (χ0) is 19.5. The van der Waals surface area contributed by atoms with Crippen LogP contribution in [0, 0.1) is 5.92 Å². The van der Waals surface area contributed by atoms with Crippen molar-refractivity contribution in [3.05, 3.63) is 82.6 Å². The number of piperidine rings is 1. The molecule has 1 aliphatic heterocycles. The van der Waals surface area contributed by atoms with Gasteiger partial charge in [0, 0.05) is 42.2 Å². The third-order valence-electron chi connectivity index (χ3n) is 5.39. The van der Waals surface area contributed by atoms with E-state index in [1.807, 2.05) is 53.1 Å². The molecule has 3 aromatic rings. The highest BCUT2D eigenvalue weighted by Gasteiger charge is 2.29. The molecule has 0 aliphatic carbocycles. The summed E-state index contributed by atoms with van der Waals surface area (Å²) in [6.45, 7) is 1.27. The van der Waals surface area contributed by atoms with Crippen LogP contribution in [0.5, 0.6) is 0 Å². The fraction of sp³-hybridized carbons (Fsp3) is 0.261. The van der Waals surface area contributed by atoms with Gasteiger partial charge in [-0.25, -0.2) is 0 Å². The van der Waals surface area contributed by atoms with Crippen molar-refractivity contribution in [2.75, 3.05) is 13.1 Å². The van der Waals surface area contributed by atoms with E-state index in [-0.39, 0.29) is 29.6 Å². The molecular weight excluding hydrogens is 352 g/mol. The molecule has 0 N–H and O–H groups in total. The summed E-state index contributed by atoms with van der Waals surface area (Å²) >= 11 is 0. The van der Waals surface area contributed by atoms with Crippen LogP contribution >= 0.6 is 0 Å². The van der Waals surface area contributed by atoms with Gasteiger partial charge in [0.2, 0.25) is 5.91 Å². The van der Waals surface area contributed by atoms with Gasteiger partial charge >= 0.3 is 0 Å². The highest BCUT2D eigenvalue weighted by molar-refractivity contribution is 5.98. The molecule has 5 heteroatoms. The molecule has 1 aromatic heterocycles. The summed E-state index contributed by atoms with van der Waals surface area (Å²) in [5.41, 5.74) is 1.40. The van der Waals surface area contributed by atoms with Crippen LogP contribution in [0.3, 0.4) is 0 Å². The fourth-order valence-corrected chi connectivity index (χ4v) is 3.90. The lowest BCUT2D eigenvalue weighted by Gasteiger charge is -2.32. The first kappa shape index (κ1) is 18.2. The van der Waals surface area contributed by atoms with Gasteiger partial charge in [0.15, 0.2) is 11.2 Å². The fourth-order valence-electron chi connectivity index (χ4n) is 3.90. The number of ketones is 1. The average Bonchev–Trinajstić information content (AvgIpc) is 2.76. The molecule has 0 saturated carbocycles. The van der Waals surface area contributed by atoms with Crippen molar-refractivity contribution < 1.29 is 9.59 Å². The Morgan fingerprint density at radius 3 is 2.54 bits per heavy atom. The molecule has 1 fully saturated rings. The van der Waals surface area contributed by atoms with Crippen LogP contribution in [0.1, 0.15) is 23.2 Å². The monoisotopic (exact) mass is 374 g/mol. The van der Waals surface area contributed by atoms with E-state index in [2.05, 4.69) is 0 Å². The maximum atomic E-state index is 12.9. The summed E-state index contributed by atoms with van der Waals surface area (Å²) in [5, 5.41) is 0.605. The first-order valence-electron chi connectivity index (χ1n) is 9.59. The number of carbonyl (C=O) groups is 2. The van der Waals surface area contributed by atoms with E-state index in [0.717, 1.165) is 18.4 Å². The topological polar surface area (TPSA) is 59.4 Å². The molecule has 1 saturated heterocycles. The lowest BCUT2D eigenvalue weighted by Crippen LogP contribution is -2.43. The third-order valence-corrected chi connectivity index (χ3v) is 5.39. The van der Waals surface area contributed by atoms with E-state index in [0.29, 0.717) is 24.0 Å². The number of amides is 1. The first-order valence-corrected chi connectivity index (χ1v) is 9.59. The Morgan fingerprint density at radius 2 is 1.71 bits per heavy atom. The van der Waals surface area contributed by atoms with Crippen molar-refractivity contribution in [2.45, 2.75) is 19.4 Å². The molecule has 4 rings (SSSR count). The van der Waals surface area contributed by atoms with E-state index in [1.165, 1.54) is 6.07 Å². The zero-order valence-corrected chi connectivity index (χ0v) is 15.6. The van der Waals surface area contributed by atoms with Gasteiger partial charge in [0.1, 0.15) is 6.54 Å². The van der Waals surface area contributed by atoms with Crippen LogP contribution in [0.2, 0.25) is 0 Å². The Bertz CT molecular complexity index is 1070. The molecule has 1 amide bonds. The number of carbonyl (C=O) groups excluding carboxylic acids is 2. The van der Waals surface area contributed by atoms with Gasteiger partial charge in [0.25, 0.3) is 0 Å². The van der Waals surface area contributed by atoms with Gasteiger partial charge in [-0.05, 0) is 25.0 Å². The van der Waals surface area contributed by atoms with E-state index in [4.69, 9.17) is 0 Å². The Labute approximate surface area is 163 Å². The number of fused-ring (bicyclic) bond motifs is 1. The molecule has 28 heavy (non-hydrogen) atoms. The number of para-hydroxylation sites is 1. The largest absolute Gasteiger partial charge is 0.340 e. The number of hydrogen-bond donors (Lipinski definition) is 0. The second-order valence-electron chi connectivity index (χ2n) is 7.23. The standard InChI is InChI=1S/C23H22N2O3/c26-21-12-14-24(20-11-5-4-10-19(20)21)16-22(27)25-13-6-9-18(15-25)23(28)17-7-2-1-3-8-17/h1-5,7-8,10-12,14,18H,6,9,13,15-16H2/t18-/m0/s1. The smallest absolute Gasteiger partial charge is 0.242 e. The molecule has 1 aliphatic rings. The van der Waals surface area contributed by atoms with Crippen molar-refractivity contribution in [3.8, 4) is 0 Å². The van der Waals surface area contributed by atoms with Crippen molar-refractivity contribution in [1.29, 1.82) is 0 Å². The first-order chi connectivity index (χ1) is 13.6. The molecule has 2 aromatic carbocycles. The number of rotatable bonds is 4. The molecule has 0 bridgehead atoms. The van der Waals surface area contributed by atoms with Gasteiger partial charge in [-0.1, -0.05) is 42.5 Å². The summed E-state index contributed by atoms with van der Waals surface area (Å²) in [7, 11) is 0. The number of hydrogen-bond acceptors (Lipinski definition) is 3. The van der Waals surface area contributed by atoms with Gasteiger partial charge in [-0.3, -0.25) is 14.4 Å². The molecule has 0 unspecified atom stereocenters. The SMILES string of the molecule is O=C(c1ccccc1)[C@H]1CCCN(C(=O)Cn2ccc(=O)c3ccccc32)C1. The van der Waals surface area contributed by atoms with Crippen LogP contribution < -0.4 is 5.43 Å². The minimum atomic E-state index is -0.161. The highest BCUT2D eigenvalue weighted by Crippen LogP contribution is 2.21. The van der Waals surface area contributed by atoms with Crippen molar-refractivity contribution >= 4 is 22.6 Å². The van der Waals surface area contributed by atoms with Crippen LogP contribution in [0.15, 0.2) is 71.7 Å². The molecule has 0 spiro atoms. The Balaban J connectivity index is 1.50. The normalized spacial score (nSPS) is 16.9. The molecule has 0 radical (unpaired) electrons. The van der Waals surface area contributed by atoms with Crippen LogP contribution in [-0.4, -0.2) is 34.2 Å². The minimum Gasteiger partial charge on any atom is -0.340 e. The number of pyridine rings is 1. The molecule has 2 heterocycles. The van der Waals surface area contributed by atoms with E-state index >= 15 is 0 Å². The van der Waals surface area contributed by atoms with Gasteiger partial charge in [0.05, 0.1) is 5.52 Å². The summed E-state index contributed by atoms with van der Waals surface area (Å²) in [6.07, 6.45) is 3.29. The Morgan fingerprint density at radius 1 is 0.964 bits per heavy atom. The Hall–Kier alpha value is -3.21. The van der Waals surface area contributed by atoms with E-state index < -0.39 is 0 Å². The summed E-state index contributed by atoms with van der Waals surface area (Å²) in [6, 6.07) is 18.1. The quantitative estimate of drug-likeness (QED) is 0.659. The molecule has 1 atom stereocenters. The van der Waals surface area contributed by atoms with Crippen LogP contribution in [-0.2, 0) is 11.3 Å². The minimum absolute atomic E-state index is 0.0284. The number of aromatic nitrogens is 1. The average molecular weight is 374 g/mol. The van der Waals surface area contributed by atoms with Gasteiger partial charge in [-0.2, -0.15) is 0 Å². The number of benzene rings is 2. The summed E-state index contributed by atoms with van der Waals surface area (Å²) < 4.78 is 1.81. The number of nitrogens with zero attached hydrogens (tertiary/aromatic N) is 2. The summed E-state index contributed by atoms with van der Waals surface area (Å²) in [4.78, 5) is 39.5. The molecule has 5 nitrogen and oxygen atoms in total. The zero-order valence-electron chi connectivity index (χ0n) is 15.6. The van der Waals surface area contributed by atoms with Gasteiger partial charge < -0.3 is 9.47 Å². The van der Waals surface area contributed by atoms with Crippen molar-refractivity contribution in [1.82, 2.24) is 9.47 Å². The van der Waals surface area contributed by atoms with Crippen LogP contribution in [0.25, 0.3) is 10.9 Å². The van der Waals surface area contributed by atoms with Crippen LogP contribution in [0.4, 0.5) is 0 Å². The number of Topliss-reactive ketones (excluding diaryl/α,β-unsaturated/α-hetero) is 1. The maximum absolute atomic E-state index is 12.9. The summed E-state index contributed by atoms with van der Waals surface area (Å²) in [5.74, 6) is -0.0860. The van der Waals surface area contributed by atoms with Gasteiger partial charge in [-0.15, -0.1) is 0 Å².